The van der Waals surface area contributed by atoms with Crippen molar-refractivity contribution in [1.82, 2.24) is 5.32 Å². The van der Waals surface area contributed by atoms with Crippen LogP contribution in [0, 0.1) is 0 Å². The van der Waals surface area contributed by atoms with Gasteiger partial charge in [-0.3, -0.25) is 0 Å². The molecule has 12 heavy (non-hydrogen) atoms. The summed E-state index contributed by atoms with van der Waals surface area (Å²) in [5.41, 5.74) is 0. The molecule has 0 aromatic rings. The van der Waals surface area contributed by atoms with Gasteiger partial charge in [-0.15, -0.1) is 0 Å². The summed E-state index contributed by atoms with van der Waals surface area (Å²) in [6, 6.07) is 0.597. The zero-order valence-corrected chi connectivity index (χ0v) is 7.45. The smallest absolute Gasteiger partial charge is 0.120 e. The van der Waals surface area contributed by atoms with Crippen LogP contribution in [0.3, 0.4) is 0 Å². The first-order valence-electron chi connectivity index (χ1n) is 4.28. The van der Waals surface area contributed by atoms with Crippen molar-refractivity contribution in [2.45, 2.75) is 32.2 Å². The molecule has 1 N–H and O–H groups in total. The van der Waals surface area contributed by atoms with Gasteiger partial charge in [0.2, 0.25) is 0 Å². The van der Waals surface area contributed by atoms with Crippen LogP contribution in [-0.2, 0) is 0 Å². The average molecular weight is 165 g/mol. The normalized spacial score (nSPS) is 18.4. The van der Waals surface area contributed by atoms with E-state index in [0.717, 1.165) is 0 Å². The number of nitrogens with one attached hydrogen (secondary N) is 1. The molecule has 1 aliphatic rings. The van der Waals surface area contributed by atoms with Gasteiger partial charge in [-0.1, -0.05) is 6.58 Å². The molecule has 1 aliphatic carbocycles. The molecule has 0 aromatic carbocycles. The molecule has 0 amide bonds. The lowest BCUT2D eigenvalue weighted by Crippen LogP contribution is -2.33. The number of aliphatic imine (C=N–C) groups is 2. The van der Waals surface area contributed by atoms with Gasteiger partial charge in [-0.2, -0.15) is 0 Å². The van der Waals surface area contributed by atoms with E-state index in [4.69, 9.17) is 0 Å². The lowest BCUT2D eigenvalue weighted by molar-refractivity contribution is 0.364. The van der Waals surface area contributed by atoms with E-state index in [0.29, 0.717) is 11.9 Å². The highest BCUT2D eigenvalue weighted by Crippen LogP contribution is 2.18. The van der Waals surface area contributed by atoms with Gasteiger partial charge >= 0.3 is 0 Å². The fraction of sp³-hybridized carbons (Fsp3) is 0.556. The number of hydrogen-bond donors (Lipinski definition) is 1. The van der Waals surface area contributed by atoms with Crippen LogP contribution in [0.4, 0.5) is 0 Å². The van der Waals surface area contributed by atoms with Gasteiger partial charge in [0.05, 0.1) is 0 Å². The summed E-state index contributed by atoms with van der Waals surface area (Å²) in [7, 11) is 0. The second-order valence-electron chi connectivity index (χ2n) is 2.87. The minimum absolute atomic E-state index is 0.597. The lowest BCUT2D eigenvalue weighted by atomic mass is 9.93. The molecule has 0 aliphatic heterocycles. The van der Waals surface area contributed by atoms with Crippen molar-refractivity contribution in [3.63, 3.8) is 0 Å². The number of hydrogen-bond acceptors (Lipinski definition) is 2. The molecule has 3 heteroatoms. The molecule has 0 saturated heterocycles. The molecule has 1 fully saturated rings. The topological polar surface area (TPSA) is 36.8 Å². The molecule has 0 spiro atoms. The summed E-state index contributed by atoms with van der Waals surface area (Å²) >= 11 is 0. The first kappa shape index (κ1) is 8.97. The highest BCUT2D eigenvalue weighted by atomic mass is 15.1. The second-order valence-corrected chi connectivity index (χ2v) is 2.87. The molecule has 3 nitrogen and oxygen atoms in total. The monoisotopic (exact) mass is 165 g/mol. The van der Waals surface area contributed by atoms with Gasteiger partial charge in [0.25, 0.3) is 0 Å². The van der Waals surface area contributed by atoms with E-state index < -0.39 is 0 Å². The van der Waals surface area contributed by atoms with Crippen molar-refractivity contribution in [1.29, 1.82) is 0 Å². The average Bonchev–Trinajstić information content (AvgIpc) is 1.98. The number of nitrogens with zero attached hydrogens (tertiary/aromatic N) is 2. The summed E-state index contributed by atoms with van der Waals surface area (Å²) in [4.78, 5) is 7.85. The van der Waals surface area contributed by atoms with Crippen molar-refractivity contribution in [2.75, 3.05) is 0 Å². The van der Waals surface area contributed by atoms with Crippen LogP contribution in [0.15, 0.2) is 22.4 Å². The third-order valence-corrected chi connectivity index (χ3v) is 1.91. The molecule has 0 heterocycles. The molecular formula is C9H15N3. The maximum atomic E-state index is 4.01. The summed E-state index contributed by atoms with van der Waals surface area (Å²) in [5, 5.41) is 3.21. The molecule has 1 rings (SSSR count). The molecule has 0 radical (unpaired) electrons. The van der Waals surface area contributed by atoms with Crippen LogP contribution < -0.4 is 5.32 Å². The molecule has 1 saturated carbocycles. The quantitative estimate of drug-likeness (QED) is 0.499. The van der Waals surface area contributed by atoms with E-state index >= 15 is 0 Å². The Hall–Kier alpha value is -1.12. The van der Waals surface area contributed by atoms with Crippen molar-refractivity contribution >= 4 is 12.6 Å². The van der Waals surface area contributed by atoms with Gasteiger partial charge in [0.1, 0.15) is 12.2 Å². The molecule has 0 aromatic heterocycles. The first-order chi connectivity index (χ1) is 5.83. The predicted octanol–water partition coefficient (Wildman–Crippen LogP) is 1.72. The van der Waals surface area contributed by atoms with Gasteiger partial charge in [-0.05, 0) is 26.2 Å². The van der Waals surface area contributed by atoms with E-state index in [-0.39, 0.29) is 0 Å². The van der Waals surface area contributed by atoms with Crippen molar-refractivity contribution in [3.05, 3.63) is 12.4 Å². The molecule has 0 atom stereocenters. The molecular weight excluding hydrogens is 150 g/mol. The largest absolute Gasteiger partial charge is 0.368 e. The Morgan fingerprint density at radius 1 is 1.58 bits per heavy atom. The SMILES string of the molecule is C=C(/N=C\N=CC)NC1CCC1. The minimum Gasteiger partial charge on any atom is -0.368 e. The molecule has 66 valence electrons. The van der Waals surface area contributed by atoms with Crippen molar-refractivity contribution in [3.8, 4) is 0 Å². The van der Waals surface area contributed by atoms with Crippen LogP contribution in [0.5, 0.6) is 0 Å². The van der Waals surface area contributed by atoms with Crippen LogP contribution in [0.25, 0.3) is 0 Å². The van der Waals surface area contributed by atoms with E-state index in [2.05, 4.69) is 21.9 Å². The van der Waals surface area contributed by atoms with E-state index in [1.807, 2.05) is 6.92 Å². The summed E-state index contributed by atoms with van der Waals surface area (Å²) in [5.74, 6) is 0.713. The zero-order valence-electron chi connectivity index (χ0n) is 7.45. The Balaban J connectivity index is 2.18. The minimum atomic E-state index is 0.597. The fourth-order valence-corrected chi connectivity index (χ4v) is 0.995. The summed E-state index contributed by atoms with van der Waals surface area (Å²) < 4.78 is 0. The van der Waals surface area contributed by atoms with Gasteiger partial charge in [-0.25, -0.2) is 9.98 Å². The first-order valence-corrected chi connectivity index (χ1v) is 4.28. The molecule has 0 bridgehead atoms. The third kappa shape index (κ3) is 2.86. The lowest BCUT2D eigenvalue weighted by Gasteiger charge is -2.26. The van der Waals surface area contributed by atoms with Crippen LogP contribution in [0.2, 0.25) is 0 Å². The fourth-order valence-electron chi connectivity index (χ4n) is 0.995. The summed E-state index contributed by atoms with van der Waals surface area (Å²) in [6.45, 7) is 5.62. The number of rotatable bonds is 4. The maximum absolute atomic E-state index is 4.01. The van der Waals surface area contributed by atoms with Crippen LogP contribution >= 0.6 is 0 Å². The highest BCUT2D eigenvalue weighted by molar-refractivity contribution is 5.70. The Morgan fingerprint density at radius 3 is 2.83 bits per heavy atom. The summed E-state index contributed by atoms with van der Waals surface area (Å²) in [6.07, 6.45) is 7.01. The second kappa shape index (κ2) is 4.70. The van der Waals surface area contributed by atoms with Gasteiger partial charge in [0.15, 0.2) is 0 Å². The predicted molar refractivity (Wildman–Crippen MR) is 52.6 cm³/mol. The standard InChI is InChI=1S/C9H15N3/c1-3-10-7-11-8(2)12-9-5-4-6-9/h3,7,9,12H,2,4-6H2,1H3/b10-3?,11-7-. The Morgan fingerprint density at radius 2 is 2.33 bits per heavy atom. The van der Waals surface area contributed by atoms with E-state index in [1.54, 1.807) is 6.21 Å². The Bertz CT molecular complexity index is 202. The Labute approximate surface area is 73.3 Å². The van der Waals surface area contributed by atoms with Crippen molar-refractivity contribution in [2.24, 2.45) is 9.98 Å². The van der Waals surface area contributed by atoms with Crippen LogP contribution in [0.1, 0.15) is 26.2 Å². The van der Waals surface area contributed by atoms with Gasteiger partial charge < -0.3 is 5.32 Å². The van der Waals surface area contributed by atoms with E-state index in [1.165, 1.54) is 25.6 Å². The van der Waals surface area contributed by atoms with Crippen LogP contribution in [-0.4, -0.2) is 18.6 Å². The van der Waals surface area contributed by atoms with E-state index in [9.17, 15) is 0 Å². The third-order valence-electron chi connectivity index (χ3n) is 1.91. The van der Waals surface area contributed by atoms with Gasteiger partial charge in [0, 0.05) is 12.3 Å². The maximum Gasteiger partial charge on any atom is 0.120 e. The molecule has 0 unspecified atom stereocenters. The Kier molecular flexibility index (Phi) is 3.51. The highest BCUT2D eigenvalue weighted by Gasteiger charge is 2.16. The van der Waals surface area contributed by atoms with Crippen molar-refractivity contribution < 1.29 is 0 Å². The zero-order chi connectivity index (χ0) is 8.81.